The molecule has 0 aliphatic carbocycles. The van der Waals surface area contributed by atoms with Crippen LogP contribution in [0.3, 0.4) is 0 Å². The molecule has 0 atom stereocenters. The quantitative estimate of drug-likeness (QED) is 0.874. The number of hydrogen-bond acceptors (Lipinski definition) is 2. The van der Waals surface area contributed by atoms with E-state index >= 15 is 0 Å². The molecule has 0 unspecified atom stereocenters. The number of pyridine rings is 1. The van der Waals surface area contributed by atoms with Crippen LogP contribution in [0.2, 0.25) is 5.02 Å². The van der Waals surface area contributed by atoms with E-state index in [4.69, 9.17) is 11.6 Å². The first-order valence-electron chi connectivity index (χ1n) is 4.91. The van der Waals surface area contributed by atoms with E-state index in [1.165, 1.54) is 18.3 Å². The molecule has 2 nitrogen and oxygen atoms in total. The van der Waals surface area contributed by atoms with E-state index in [1.54, 1.807) is 19.1 Å². The lowest BCUT2D eigenvalue weighted by atomic mass is 10.2. The third kappa shape index (κ3) is 2.53. The molecule has 88 valence electrons. The van der Waals surface area contributed by atoms with Crippen LogP contribution in [-0.2, 0) is 0 Å². The van der Waals surface area contributed by atoms with Gasteiger partial charge in [-0.3, -0.25) is 0 Å². The molecule has 1 heterocycles. The number of benzene rings is 1. The first-order chi connectivity index (χ1) is 8.08. The van der Waals surface area contributed by atoms with Gasteiger partial charge in [0.15, 0.2) is 5.82 Å². The summed E-state index contributed by atoms with van der Waals surface area (Å²) in [5.41, 5.74) is 0.155. The summed E-state index contributed by atoms with van der Waals surface area (Å²) in [5, 5.41) is 3.05. The zero-order valence-corrected chi connectivity index (χ0v) is 9.72. The van der Waals surface area contributed by atoms with E-state index in [-0.39, 0.29) is 5.69 Å². The van der Waals surface area contributed by atoms with Crippen molar-refractivity contribution in [3.63, 3.8) is 0 Å². The molecule has 17 heavy (non-hydrogen) atoms. The second kappa shape index (κ2) is 4.67. The zero-order valence-electron chi connectivity index (χ0n) is 8.97. The van der Waals surface area contributed by atoms with Crippen LogP contribution in [0.4, 0.5) is 20.3 Å². The van der Waals surface area contributed by atoms with Gasteiger partial charge in [0.05, 0.1) is 5.02 Å². The Balaban J connectivity index is 2.36. The van der Waals surface area contributed by atoms with Crippen LogP contribution in [0.15, 0.2) is 30.5 Å². The number of halogens is 3. The van der Waals surface area contributed by atoms with Gasteiger partial charge in [-0.25, -0.2) is 13.8 Å². The van der Waals surface area contributed by atoms with Crippen molar-refractivity contribution in [1.29, 1.82) is 0 Å². The summed E-state index contributed by atoms with van der Waals surface area (Å²) < 4.78 is 27.1. The summed E-state index contributed by atoms with van der Waals surface area (Å²) in [7, 11) is 0. The van der Waals surface area contributed by atoms with Crippen LogP contribution in [-0.4, -0.2) is 4.98 Å². The smallest absolute Gasteiger partial charge is 0.152 e. The molecular formula is C12H9ClF2N2. The number of hydrogen-bond donors (Lipinski definition) is 1. The fourth-order valence-electron chi connectivity index (χ4n) is 1.35. The van der Waals surface area contributed by atoms with Gasteiger partial charge in [0.25, 0.3) is 0 Å². The molecule has 0 amide bonds. The van der Waals surface area contributed by atoms with Crippen molar-refractivity contribution in [3.8, 4) is 0 Å². The van der Waals surface area contributed by atoms with E-state index < -0.39 is 11.6 Å². The molecule has 2 rings (SSSR count). The van der Waals surface area contributed by atoms with E-state index in [9.17, 15) is 8.78 Å². The minimum Gasteiger partial charge on any atom is -0.335 e. The summed E-state index contributed by atoms with van der Waals surface area (Å²) in [5.74, 6) is -0.954. The van der Waals surface area contributed by atoms with Crippen molar-refractivity contribution in [2.45, 2.75) is 6.92 Å². The van der Waals surface area contributed by atoms with Crippen molar-refractivity contribution < 1.29 is 8.78 Å². The van der Waals surface area contributed by atoms with Crippen LogP contribution in [0, 0.1) is 18.6 Å². The summed E-state index contributed by atoms with van der Waals surface area (Å²) in [4.78, 5) is 3.91. The predicted molar refractivity (Wildman–Crippen MR) is 63.6 cm³/mol. The normalized spacial score (nSPS) is 10.4. The van der Waals surface area contributed by atoms with Gasteiger partial charge in [0.1, 0.15) is 17.3 Å². The van der Waals surface area contributed by atoms with Gasteiger partial charge in [-0.1, -0.05) is 17.7 Å². The van der Waals surface area contributed by atoms with Crippen LogP contribution >= 0.6 is 11.6 Å². The van der Waals surface area contributed by atoms with Crippen molar-refractivity contribution in [1.82, 2.24) is 4.98 Å². The lowest BCUT2D eigenvalue weighted by molar-refractivity contribution is 0.584. The topological polar surface area (TPSA) is 24.9 Å². The molecule has 1 aromatic carbocycles. The van der Waals surface area contributed by atoms with E-state index in [1.807, 2.05) is 0 Å². The first kappa shape index (κ1) is 11.8. The highest BCUT2D eigenvalue weighted by Gasteiger charge is 2.11. The molecule has 1 aromatic heterocycles. The van der Waals surface area contributed by atoms with Gasteiger partial charge >= 0.3 is 0 Å². The van der Waals surface area contributed by atoms with Crippen LogP contribution in [0.25, 0.3) is 0 Å². The van der Waals surface area contributed by atoms with E-state index in [2.05, 4.69) is 10.3 Å². The maximum atomic E-state index is 13.7. The number of nitrogens with one attached hydrogen (secondary N) is 1. The summed E-state index contributed by atoms with van der Waals surface area (Å²) >= 11 is 5.66. The maximum absolute atomic E-state index is 13.7. The lowest BCUT2D eigenvalue weighted by Gasteiger charge is -2.09. The number of rotatable bonds is 2. The molecule has 0 saturated carbocycles. The lowest BCUT2D eigenvalue weighted by Crippen LogP contribution is -2.00. The Morgan fingerprint density at radius 1 is 1.18 bits per heavy atom. The van der Waals surface area contributed by atoms with Crippen molar-refractivity contribution in [2.75, 3.05) is 5.32 Å². The molecule has 0 spiro atoms. The number of anilines is 2. The number of aromatic nitrogens is 1. The zero-order chi connectivity index (χ0) is 12.4. The van der Waals surface area contributed by atoms with Crippen LogP contribution in [0.1, 0.15) is 5.56 Å². The van der Waals surface area contributed by atoms with Gasteiger partial charge in [-0.2, -0.15) is 0 Å². The third-order valence-electron chi connectivity index (χ3n) is 2.26. The van der Waals surface area contributed by atoms with Gasteiger partial charge in [-0.05, 0) is 30.7 Å². The average molecular weight is 255 g/mol. The Labute approximate surface area is 102 Å². The second-order valence-electron chi connectivity index (χ2n) is 3.54. The number of aryl methyl sites for hydroxylation is 1. The van der Waals surface area contributed by atoms with Gasteiger partial charge in [0, 0.05) is 6.20 Å². The molecule has 5 heteroatoms. The Morgan fingerprint density at radius 3 is 2.59 bits per heavy atom. The highest BCUT2D eigenvalue weighted by Crippen LogP contribution is 2.24. The molecule has 0 aliphatic heterocycles. The highest BCUT2D eigenvalue weighted by atomic mass is 35.5. The highest BCUT2D eigenvalue weighted by molar-refractivity contribution is 6.30. The minimum atomic E-state index is -0.662. The maximum Gasteiger partial charge on any atom is 0.152 e. The minimum absolute atomic E-state index is 0.208. The fraction of sp³-hybridized carbons (Fsp3) is 0.0833. The van der Waals surface area contributed by atoms with Crippen LogP contribution in [0.5, 0.6) is 0 Å². The molecule has 2 aromatic rings. The molecule has 1 N–H and O–H groups in total. The van der Waals surface area contributed by atoms with Gasteiger partial charge in [0.2, 0.25) is 0 Å². The molecule has 0 bridgehead atoms. The monoisotopic (exact) mass is 254 g/mol. The van der Waals surface area contributed by atoms with Crippen molar-refractivity contribution in [3.05, 3.63) is 52.7 Å². The standard InChI is InChI=1S/C12H9ClF2N2/c1-7-2-4-9(14)12(11(7)15)17-10-5-3-8(13)6-16-10/h2-6H,1H3,(H,16,17). The predicted octanol–water partition coefficient (Wildman–Crippen LogP) is 4.07. The summed E-state index contributed by atoms with van der Waals surface area (Å²) in [6.07, 6.45) is 1.40. The Morgan fingerprint density at radius 2 is 1.94 bits per heavy atom. The molecule has 0 aliphatic rings. The van der Waals surface area contributed by atoms with Gasteiger partial charge in [-0.15, -0.1) is 0 Å². The van der Waals surface area contributed by atoms with Crippen LogP contribution < -0.4 is 5.32 Å². The van der Waals surface area contributed by atoms with Crippen molar-refractivity contribution in [2.24, 2.45) is 0 Å². The average Bonchev–Trinajstić information content (AvgIpc) is 2.32. The second-order valence-corrected chi connectivity index (χ2v) is 3.98. The summed E-state index contributed by atoms with van der Waals surface area (Å²) in [6.45, 7) is 1.56. The van der Waals surface area contributed by atoms with E-state index in [0.29, 0.717) is 16.4 Å². The molecule has 0 saturated heterocycles. The van der Waals surface area contributed by atoms with Crippen molar-refractivity contribution >= 4 is 23.1 Å². The molecule has 0 fully saturated rings. The molecular weight excluding hydrogens is 246 g/mol. The Kier molecular flexibility index (Phi) is 3.24. The first-order valence-corrected chi connectivity index (χ1v) is 5.29. The largest absolute Gasteiger partial charge is 0.335 e. The van der Waals surface area contributed by atoms with Gasteiger partial charge < -0.3 is 5.32 Å². The van der Waals surface area contributed by atoms with E-state index in [0.717, 1.165) is 0 Å². The fourth-order valence-corrected chi connectivity index (χ4v) is 1.46. The Hall–Kier alpha value is -1.68. The number of nitrogens with zero attached hydrogens (tertiary/aromatic N) is 1. The Bertz CT molecular complexity index is 541. The SMILES string of the molecule is Cc1ccc(F)c(Nc2ccc(Cl)cn2)c1F. The summed E-state index contributed by atoms with van der Waals surface area (Å²) in [6, 6.07) is 5.72. The molecule has 0 radical (unpaired) electrons. The third-order valence-corrected chi connectivity index (χ3v) is 2.49.